The molecule has 1 aliphatic carbocycles. The fourth-order valence-corrected chi connectivity index (χ4v) is 12.8. The number of piperazine rings is 1. The third-order valence-electron chi connectivity index (χ3n) is 13.6. The standard InChI is InChI=1S/C47H56ClN8O8PS/c1-47(2)15-11-34(39(28-47)32-3-5-35(48)6-4-32)30-53-17-19-54(20-18-53)36-7-9-38(41(26-36)55-21-22-64-46-43(55)25-33-12-16-49-44(33)51-46)45(57)52-66(62,63)37-8-10-40(42(27-37)56(58)59)50-29-31-13-23-65(60,61)24-14-31/h3-10,12,16,25-27,31,50,60-61,65H,11,13-15,17-24,28-30H2,1-2H3,(H,49,51)(H,52,57). The topological polar surface area (TPSA) is 207 Å². The molecule has 2 saturated heterocycles. The number of H-pyrrole nitrogens is 1. The Bertz CT molecular complexity index is 2800. The minimum Gasteiger partial charge on any atom is -0.474 e. The van der Waals surface area contributed by atoms with Crippen molar-refractivity contribution in [2.24, 2.45) is 11.3 Å². The fourth-order valence-electron chi connectivity index (χ4n) is 9.70. The molecule has 16 nitrogen and oxygen atoms in total. The van der Waals surface area contributed by atoms with Gasteiger partial charge in [-0.3, -0.25) is 9.69 Å². The first-order chi connectivity index (χ1) is 31.5. The maximum Gasteiger partial charge on any atom is 0.240 e. The summed E-state index contributed by atoms with van der Waals surface area (Å²) in [6.45, 7) is 9.62. The SMILES string of the molecule is CC1(C)CCC(CN2CCN(c3ccc(C(=O)NS(=O)(=O)c4ccc(NCC5CC[PH](O)(O)CC5)c([N+](=O)[O-])c4)c(N4CCOc5nc6[nH]ccc6cc54)c3)CC2)=C(c2ccc(Cl)cc2)C1. The second-order valence-electron chi connectivity index (χ2n) is 18.8. The molecule has 4 aliphatic rings. The number of nitrogens with zero attached hydrogens (tertiary/aromatic N) is 5. The molecule has 2 fully saturated rings. The second kappa shape index (κ2) is 18.4. The number of aromatic nitrogens is 2. The number of sulfonamides is 1. The number of nitro benzene ring substituents is 1. The summed E-state index contributed by atoms with van der Waals surface area (Å²) in [5, 5.41) is 16.8. The molecule has 2 aromatic heterocycles. The Labute approximate surface area is 389 Å². The molecule has 5 N–H and O–H groups in total. The number of hydrogen-bond acceptors (Lipinski definition) is 13. The van der Waals surface area contributed by atoms with E-state index in [0.717, 1.165) is 74.1 Å². The van der Waals surface area contributed by atoms with Gasteiger partial charge in [0.25, 0.3) is 0 Å². The molecule has 0 bridgehead atoms. The summed E-state index contributed by atoms with van der Waals surface area (Å²) in [5.74, 6) is -0.457. The van der Waals surface area contributed by atoms with Crippen molar-refractivity contribution in [3.05, 3.63) is 111 Å². The molecule has 350 valence electrons. The van der Waals surface area contributed by atoms with Gasteiger partial charge in [-0.25, -0.2) is 0 Å². The van der Waals surface area contributed by atoms with Crippen LogP contribution in [0.25, 0.3) is 16.6 Å². The molecule has 66 heavy (non-hydrogen) atoms. The first-order valence-electron chi connectivity index (χ1n) is 22.5. The number of aromatic amines is 1. The molecule has 0 atom stereocenters. The number of nitro groups is 1. The zero-order chi connectivity index (χ0) is 46.4. The first-order valence-corrected chi connectivity index (χ1v) is 26.7. The normalized spacial score (nSPS) is 20.3. The van der Waals surface area contributed by atoms with Gasteiger partial charge in [0.2, 0.25) is 5.88 Å². The van der Waals surface area contributed by atoms with Gasteiger partial charge in [-0.15, -0.1) is 0 Å². The van der Waals surface area contributed by atoms with E-state index < -0.39 is 39.2 Å². The Hall–Kier alpha value is -5.29. The number of fused-ring (bicyclic) bond motifs is 2. The van der Waals surface area contributed by atoms with Crippen molar-refractivity contribution in [3.8, 4) is 5.88 Å². The molecule has 0 saturated carbocycles. The monoisotopic (exact) mass is 958 g/mol. The van der Waals surface area contributed by atoms with Crippen LogP contribution < -0.4 is 24.6 Å². The van der Waals surface area contributed by atoms with E-state index in [4.69, 9.17) is 16.3 Å². The van der Waals surface area contributed by atoms with Crippen LogP contribution in [0.3, 0.4) is 0 Å². The Morgan fingerprint density at radius 1 is 1.00 bits per heavy atom. The van der Waals surface area contributed by atoms with Crippen molar-refractivity contribution in [1.29, 1.82) is 0 Å². The van der Waals surface area contributed by atoms with Crippen LogP contribution in [0.2, 0.25) is 5.02 Å². The number of halogens is 1. The number of rotatable bonds is 12. The third kappa shape index (κ3) is 10.0. The van der Waals surface area contributed by atoms with E-state index >= 15 is 0 Å². The molecule has 19 heteroatoms. The van der Waals surface area contributed by atoms with E-state index in [2.05, 4.69) is 55.8 Å². The Kier molecular flexibility index (Phi) is 12.8. The molecule has 5 aromatic rings. The molecule has 0 unspecified atom stereocenters. The zero-order valence-corrected chi connectivity index (χ0v) is 39.6. The predicted octanol–water partition coefficient (Wildman–Crippen LogP) is 7.95. The fraction of sp³-hybridized carbons (Fsp3) is 0.404. The van der Waals surface area contributed by atoms with Crippen LogP contribution in [-0.2, 0) is 10.0 Å². The number of amides is 1. The van der Waals surface area contributed by atoms with Crippen molar-refractivity contribution in [2.75, 3.05) is 79.9 Å². The molecule has 1 amide bonds. The Morgan fingerprint density at radius 2 is 1.76 bits per heavy atom. The van der Waals surface area contributed by atoms with Crippen LogP contribution in [0.15, 0.2) is 89.5 Å². The van der Waals surface area contributed by atoms with Crippen LogP contribution in [-0.4, -0.2) is 109 Å². The van der Waals surface area contributed by atoms with E-state index in [9.17, 15) is 33.1 Å². The number of benzene rings is 3. The summed E-state index contributed by atoms with van der Waals surface area (Å²) in [4.78, 5) is 60.0. The summed E-state index contributed by atoms with van der Waals surface area (Å²) in [6, 6.07) is 20.9. The van der Waals surface area contributed by atoms with Gasteiger partial charge < -0.3 is 19.5 Å². The quantitative estimate of drug-likeness (QED) is 0.0458. The maximum absolute atomic E-state index is 14.3. The van der Waals surface area contributed by atoms with Gasteiger partial charge in [-0.05, 0) is 78.3 Å². The number of pyridine rings is 1. The molecule has 3 aliphatic heterocycles. The van der Waals surface area contributed by atoms with E-state index in [0.29, 0.717) is 61.2 Å². The largest absolute Gasteiger partial charge is 0.474 e. The molecular weight excluding hydrogens is 903 g/mol. The minimum absolute atomic E-state index is 0.0765. The summed E-state index contributed by atoms with van der Waals surface area (Å²) < 4.78 is 36.0. The van der Waals surface area contributed by atoms with Crippen molar-refractivity contribution in [1.82, 2.24) is 19.6 Å². The van der Waals surface area contributed by atoms with Gasteiger partial charge in [0.1, 0.15) is 17.9 Å². The number of allylic oxidation sites excluding steroid dienone is 1. The van der Waals surface area contributed by atoms with Crippen molar-refractivity contribution < 1.29 is 32.7 Å². The predicted molar refractivity (Wildman–Crippen MR) is 261 cm³/mol. The summed E-state index contributed by atoms with van der Waals surface area (Å²) in [6.07, 6.45) is 6.77. The number of carbonyl (C=O) groups is 1. The van der Waals surface area contributed by atoms with Gasteiger partial charge in [0, 0.05) is 55.0 Å². The smallest absolute Gasteiger partial charge is 0.240 e. The summed E-state index contributed by atoms with van der Waals surface area (Å²) in [7, 11) is -7.77. The van der Waals surface area contributed by atoms with Gasteiger partial charge in [0.15, 0.2) is 0 Å². The Morgan fingerprint density at radius 3 is 2.50 bits per heavy atom. The molecular formula is C47H56ClN8O8PS. The number of nitrogens with one attached hydrogen (secondary N) is 3. The average molecular weight is 960 g/mol. The van der Waals surface area contributed by atoms with Gasteiger partial charge in [-0.1, -0.05) is 43.2 Å². The van der Waals surface area contributed by atoms with Crippen LogP contribution in [0.1, 0.15) is 61.9 Å². The number of carbonyl (C=O) groups excluding carboxylic acids is 1. The molecule has 9 rings (SSSR count). The van der Waals surface area contributed by atoms with Crippen molar-refractivity contribution in [3.63, 3.8) is 0 Å². The van der Waals surface area contributed by atoms with Gasteiger partial charge in [0.05, 0.1) is 17.8 Å². The van der Waals surface area contributed by atoms with Crippen LogP contribution in [0.5, 0.6) is 5.88 Å². The minimum atomic E-state index is -4.61. The second-order valence-corrected chi connectivity index (χ2v) is 23.9. The molecule has 0 radical (unpaired) electrons. The van der Waals surface area contributed by atoms with Crippen LogP contribution in [0, 0.1) is 21.4 Å². The number of hydrogen-bond donors (Lipinski definition) is 5. The number of anilines is 4. The van der Waals surface area contributed by atoms with Crippen LogP contribution >= 0.6 is 19.3 Å². The average Bonchev–Trinajstić information content (AvgIpc) is 3.76. The zero-order valence-electron chi connectivity index (χ0n) is 37.1. The third-order valence-corrected chi connectivity index (χ3v) is 17.3. The number of ether oxygens (including phenoxy) is 1. The maximum atomic E-state index is 14.3. The molecule has 5 heterocycles. The first kappa shape index (κ1) is 45.8. The molecule has 0 spiro atoms. The van der Waals surface area contributed by atoms with E-state index in [1.54, 1.807) is 12.3 Å². The van der Waals surface area contributed by atoms with Gasteiger partial charge >= 0.3 is 139 Å². The van der Waals surface area contributed by atoms with Crippen molar-refractivity contribution in [2.45, 2.75) is 50.8 Å². The molecule has 3 aromatic carbocycles. The van der Waals surface area contributed by atoms with Crippen molar-refractivity contribution >= 4 is 80.3 Å². The van der Waals surface area contributed by atoms with Gasteiger partial charge in [-0.2, -0.15) is 4.98 Å². The van der Waals surface area contributed by atoms with Crippen LogP contribution in [0.4, 0.5) is 28.4 Å². The van der Waals surface area contributed by atoms with E-state index in [-0.39, 0.29) is 29.2 Å². The van der Waals surface area contributed by atoms with E-state index in [1.165, 1.54) is 28.8 Å². The summed E-state index contributed by atoms with van der Waals surface area (Å²) >= 11 is 6.26. The van der Waals surface area contributed by atoms with E-state index in [1.807, 2.05) is 41.3 Å². The summed E-state index contributed by atoms with van der Waals surface area (Å²) in [5.41, 5.74) is 6.66. The Balaban J connectivity index is 0.964.